The lowest BCUT2D eigenvalue weighted by Gasteiger charge is -2.11. The van der Waals surface area contributed by atoms with E-state index in [1.54, 1.807) is 0 Å². The van der Waals surface area contributed by atoms with Gasteiger partial charge in [-0.1, -0.05) is 12.1 Å². The molecule has 0 fully saturated rings. The molecule has 0 aliphatic rings. The van der Waals surface area contributed by atoms with Gasteiger partial charge in [0, 0.05) is 11.4 Å². The molecule has 152 valence electrons. The standard InChI is InChI=1S/C18H13F3N2O4S2/c19-15-10-9-14(11-17(15)21)28(24,25)22-12-5-7-13(8-6-12)23-29(26,27)18-4-2-1-3-16(18)20/h1-11,22-23H. The predicted molar refractivity (Wildman–Crippen MR) is 101 cm³/mol. The van der Waals surface area contributed by atoms with Gasteiger partial charge in [0.2, 0.25) is 0 Å². The van der Waals surface area contributed by atoms with Gasteiger partial charge in [0.25, 0.3) is 20.0 Å². The Kier molecular flexibility index (Phi) is 5.53. The molecule has 3 aromatic carbocycles. The molecule has 0 aliphatic heterocycles. The lowest BCUT2D eigenvalue weighted by Crippen LogP contribution is -2.15. The molecule has 6 nitrogen and oxygen atoms in total. The summed E-state index contributed by atoms with van der Waals surface area (Å²) in [5.41, 5.74) is 0.104. The van der Waals surface area contributed by atoms with Gasteiger partial charge >= 0.3 is 0 Å². The van der Waals surface area contributed by atoms with Gasteiger partial charge in [0.1, 0.15) is 10.7 Å². The molecule has 0 atom stereocenters. The highest BCUT2D eigenvalue weighted by Crippen LogP contribution is 2.22. The van der Waals surface area contributed by atoms with E-state index in [1.165, 1.54) is 36.4 Å². The van der Waals surface area contributed by atoms with E-state index in [9.17, 15) is 30.0 Å². The number of hydrogen-bond donors (Lipinski definition) is 2. The van der Waals surface area contributed by atoms with E-state index in [2.05, 4.69) is 9.44 Å². The van der Waals surface area contributed by atoms with Crippen LogP contribution in [0.25, 0.3) is 0 Å². The largest absolute Gasteiger partial charge is 0.280 e. The molecule has 3 aromatic rings. The van der Waals surface area contributed by atoms with Gasteiger partial charge in [-0.2, -0.15) is 0 Å². The van der Waals surface area contributed by atoms with Crippen LogP contribution in [0.2, 0.25) is 0 Å². The van der Waals surface area contributed by atoms with E-state index in [1.807, 2.05) is 0 Å². The second kappa shape index (κ2) is 7.76. The topological polar surface area (TPSA) is 92.3 Å². The number of anilines is 2. The predicted octanol–water partition coefficient (Wildman–Crippen LogP) is 3.71. The Morgan fingerprint density at radius 2 is 1.14 bits per heavy atom. The summed E-state index contributed by atoms with van der Waals surface area (Å²) in [6.07, 6.45) is 0. The first-order valence-electron chi connectivity index (χ1n) is 7.94. The Morgan fingerprint density at radius 3 is 1.69 bits per heavy atom. The van der Waals surface area contributed by atoms with Crippen molar-refractivity contribution in [2.24, 2.45) is 0 Å². The van der Waals surface area contributed by atoms with Crippen molar-refractivity contribution in [2.45, 2.75) is 9.79 Å². The Hall–Kier alpha value is -3.05. The first kappa shape index (κ1) is 20.7. The first-order chi connectivity index (χ1) is 13.6. The van der Waals surface area contributed by atoms with Crippen molar-refractivity contribution in [1.29, 1.82) is 0 Å². The maximum Gasteiger partial charge on any atom is 0.264 e. The Labute approximate surface area is 165 Å². The average molecular weight is 442 g/mol. The average Bonchev–Trinajstić information content (AvgIpc) is 2.65. The van der Waals surface area contributed by atoms with E-state index in [-0.39, 0.29) is 11.4 Å². The summed E-state index contributed by atoms with van der Waals surface area (Å²) >= 11 is 0. The van der Waals surface area contributed by atoms with Crippen molar-refractivity contribution in [1.82, 2.24) is 0 Å². The Morgan fingerprint density at radius 1 is 0.586 bits per heavy atom. The minimum Gasteiger partial charge on any atom is -0.280 e. The minimum absolute atomic E-state index is 0.0450. The summed E-state index contributed by atoms with van der Waals surface area (Å²) < 4.78 is 93.3. The maximum absolute atomic E-state index is 13.7. The van der Waals surface area contributed by atoms with Gasteiger partial charge in [-0.25, -0.2) is 30.0 Å². The zero-order valence-electron chi connectivity index (χ0n) is 14.4. The molecular formula is C18H13F3N2O4S2. The number of benzene rings is 3. The normalized spacial score (nSPS) is 11.8. The summed E-state index contributed by atoms with van der Waals surface area (Å²) in [6.45, 7) is 0. The first-order valence-corrected chi connectivity index (χ1v) is 10.9. The minimum atomic E-state index is -4.19. The number of rotatable bonds is 6. The zero-order chi connectivity index (χ0) is 21.2. The fraction of sp³-hybridized carbons (Fsp3) is 0. The van der Waals surface area contributed by atoms with E-state index < -0.39 is 47.3 Å². The smallest absolute Gasteiger partial charge is 0.264 e. The third-order valence-electron chi connectivity index (χ3n) is 3.72. The van der Waals surface area contributed by atoms with Crippen LogP contribution < -0.4 is 9.44 Å². The van der Waals surface area contributed by atoms with E-state index in [4.69, 9.17) is 0 Å². The zero-order valence-corrected chi connectivity index (χ0v) is 16.1. The molecule has 0 heterocycles. The summed E-state index contributed by atoms with van der Waals surface area (Å²) in [7, 11) is -8.38. The highest BCUT2D eigenvalue weighted by molar-refractivity contribution is 7.93. The number of hydrogen-bond acceptors (Lipinski definition) is 4. The molecule has 11 heteroatoms. The quantitative estimate of drug-likeness (QED) is 0.609. The monoisotopic (exact) mass is 442 g/mol. The van der Waals surface area contributed by atoms with Crippen LogP contribution in [-0.4, -0.2) is 16.8 Å². The molecule has 0 unspecified atom stereocenters. The molecule has 0 saturated carbocycles. The van der Waals surface area contributed by atoms with Crippen molar-refractivity contribution < 1.29 is 30.0 Å². The number of sulfonamides is 2. The number of nitrogens with one attached hydrogen (secondary N) is 2. The lowest BCUT2D eigenvalue weighted by molar-refractivity contribution is 0.504. The Balaban J connectivity index is 1.78. The van der Waals surface area contributed by atoms with E-state index >= 15 is 0 Å². The van der Waals surface area contributed by atoms with Crippen LogP contribution in [0.1, 0.15) is 0 Å². The van der Waals surface area contributed by atoms with Crippen molar-refractivity contribution in [3.05, 3.63) is 84.2 Å². The Bertz CT molecular complexity index is 1260. The van der Waals surface area contributed by atoms with E-state index in [0.717, 1.165) is 18.2 Å². The molecule has 0 bridgehead atoms. The van der Waals surface area contributed by atoms with Gasteiger partial charge in [-0.3, -0.25) is 9.44 Å². The second-order valence-corrected chi connectivity index (χ2v) is 9.13. The van der Waals surface area contributed by atoms with Crippen molar-refractivity contribution in [3.8, 4) is 0 Å². The van der Waals surface area contributed by atoms with Crippen LogP contribution in [0.4, 0.5) is 24.5 Å². The van der Waals surface area contributed by atoms with Gasteiger partial charge in [0.15, 0.2) is 11.6 Å². The SMILES string of the molecule is O=S(=O)(Nc1ccc(NS(=O)(=O)c2ccccc2F)cc1)c1ccc(F)c(F)c1. The van der Waals surface area contributed by atoms with Crippen LogP contribution >= 0.6 is 0 Å². The molecule has 0 aliphatic carbocycles. The van der Waals surface area contributed by atoms with Crippen LogP contribution in [-0.2, 0) is 20.0 Å². The molecule has 0 aromatic heterocycles. The molecule has 2 N–H and O–H groups in total. The molecule has 0 saturated heterocycles. The molecular weight excluding hydrogens is 429 g/mol. The third-order valence-corrected chi connectivity index (χ3v) is 6.51. The van der Waals surface area contributed by atoms with Gasteiger partial charge < -0.3 is 0 Å². The molecule has 3 rings (SSSR count). The van der Waals surface area contributed by atoms with Crippen molar-refractivity contribution in [3.63, 3.8) is 0 Å². The summed E-state index contributed by atoms with van der Waals surface area (Å²) in [5.74, 6) is -3.42. The van der Waals surface area contributed by atoms with Crippen LogP contribution in [0.5, 0.6) is 0 Å². The van der Waals surface area contributed by atoms with Crippen molar-refractivity contribution >= 4 is 31.4 Å². The van der Waals surface area contributed by atoms with Crippen LogP contribution in [0.15, 0.2) is 76.5 Å². The van der Waals surface area contributed by atoms with Gasteiger partial charge in [0.05, 0.1) is 4.90 Å². The van der Waals surface area contributed by atoms with E-state index in [0.29, 0.717) is 12.1 Å². The van der Waals surface area contributed by atoms with Crippen LogP contribution in [0, 0.1) is 17.5 Å². The van der Waals surface area contributed by atoms with Gasteiger partial charge in [-0.05, 0) is 54.6 Å². The molecule has 0 radical (unpaired) electrons. The summed E-state index contributed by atoms with van der Waals surface area (Å²) in [6, 6.07) is 11.9. The van der Waals surface area contributed by atoms with Gasteiger partial charge in [-0.15, -0.1) is 0 Å². The lowest BCUT2D eigenvalue weighted by atomic mass is 10.3. The highest BCUT2D eigenvalue weighted by Gasteiger charge is 2.19. The fourth-order valence-corrected chi connectivity index (χ4v) is 4.55. The molecule has 0 spiro atoms. The fourth-order valence-electron chi connectivity index (χ4n) is 2.34. The highest BCUT2D eigenvalue weighted by atomic mass is 32.2. The van der Waals surface area contributed by atoms with Crippen molar-refractivity contribution in [2.75, 3.05) is 9.44 Å². The summed E-state index contributed by atoms with van der Waals surface area (Å²) in [4.78, 5) is -1.02. The maximum atomic E-state index is 13.7. The summed E-state index contributed by atoms with van der Waals surface area (Å²) in [5, 5.41) is 0. The van der Waals surface area contributed by atoms with Crippen LogP contribution in [0.3, 0.4) is 0 Å². The third kappa shape index (κ3) is 4.69. The number of halogens is 3. The second-order valence-electron chi connectivity index (χ2n) is 5.79. The molecule has 0 amide bonds. The molecule has 29 heavy (non-hydrogen) atoms.